The largest absolute Gasteiger partial charge is 0.293 e. The zero-order valence-electron chi connectivity index (χ0n) is 12.1. The molecule has 0 bridgehead atoms. The number of nitrogens with zero attached hydrogens (tertiary/aromatic N) is 2. The van der Waals surface area contributed by atoms with Crippen molar-refractivity contribution in [3.05, 3.63) is 62.8 Å². The topological polar surface area (TPSA) is 23.6 Å². The van der Waals surface area contributed by atoms with E-state index in [4.69, 9.17) is 0 Å². The van der Waals surface area contributed by atoms with E-state index in [9.17, 15) is 4.79 Å². The summed E-state index contributed by atoms with van der Waals surface area (Å²) in [5, 5.41) is 0. The summed E-state index contributed by atoms with van der Waals surface area (Å²) in [7, 11) is 0. The molecular weight excluding hydrogens is 248 g/mol. The van der Waals surface area contributed by atoms with E-state index < -0.39 is 0 Å². The number of hydrogen-bond donors (Lipinski definition) is 0. The summed E-state index contributed by atoms with van der Waals surface area (Å²) in [5.74, 6) is 0.136. The molecule has 0 saturated carbocycles. The molecule has 0 aromatic heterocycles. The fraction of sp³-hybridized carbons (Fsp3) is 0.353. The van der Waals surface area contributed by atoms with Crippen LogP contribution in [0.2, 0.25) is 0 Å². The predicted octanol–water partition coefficient (Wildman–Crippen LogP) is 2.21. The normalized spacial score (nSPS) is 21.4. The van der Waals surface area contributed by atoms with Crippen LogP contribution in [0.4, 0.5) is 0 Å². The van der Waals surface area contributed by atoms with Gasteiger partial charge in [-0.15, -0.1) is 26.3 Å². The molecule has 0 heterocycles. The van der Waals surface area contributed by atoms with Gasteiger partial charge in [0.15, 0.2) is 5.78 Å². The van der Waals surface area contributed by atoms with Crippen LogP contribution in [0.3, 0.4) is 0 Å². The minimum atomic E-state index is -0.189. The summed E-state index contributed by atoms with van der Waals surface area (Å²) in [6.07, 6.45) is 11.0. The van der Waals surface area contributed by atoms with Crippen LogP contribution in [0.5, 0.6) is 0 Å². The molecule has 0 aromatic carbocycles. The van der Waals surface area contributed by atoms with Gasteiger partial charge in [0, 0.05) is 26.2 Å². The Bertz CT molecular complexity index is 391. The Hall–Kier alpha value is -1.71. The minimum absolute atomic E-state index is 0.0402. The van der Waals surface area contributed by atoms with Gasteiger partial charge in [0.1, 0.15) is 0 Å². The Morgan fingerprint density at radius 2 is 1.35 bits per heavy atom. The Morgan fingerprint density at radius 3 is 1.80 bits per heavy atom. The third kappa shape index (κ3) is 3.89. The van der Waals surface area contributed by atoms with Crippen molar-refractivity contribution in [1.82, 2.24) is 9.80 Å². The van der Waals surface area contributed by atoms with Crippen LogP contribution in [0.25, 0.3) is 0 Å². The lowest BCUT2D eigenvalue weighted by Crippen LogP contribution is -2.52. The summed E-state index contributed by atoms with van der Waals surface area (Å²) >= 11 is 0. The van der Waals surface area contributed by atoms with Crippen molar-refractivity contribution in [1.29, 1.82) is 0 Å². The lowest BCUT2D eigenvalue weighted by atomic mass is 10.1. The summed E-state index contributed by atoms with van der Waals surface area (Å²) in [6.45, 7) is 17.9. The molecule has 3 heteroatoms. The standard InChI is InChI=1S/C17H24N2O/c1-5-11-18(12-6-2)15-9-10-16(20)17(15)19(13-7-3)14-8-4/h5-10,15,17H,1-4,11-14H2. The third-order valence-corrected chi connectivity index (χ3v) is 3.34. The maximum atomic E-state index is 12.2. The molecule has 0 N–H and O–H groups in total. The molecule has 2 atom stereocenters. The molecule has 1 aliphatic carbocycles. The fourth-order valence-electron chi connectivity index (χ4n) is 2.57. The number of carbonyl (C=O) groups is 1. The van der Waals surface area contributed by atoms with Gasteiger partial charge in [-0.25, -0.2) is 0 Å². The molecule has 108 valence electrons. The van der Waals surface area contributed by atoms with E-state index >= 15 is 0 Å². The second-order valence-corrected chi connectivity index (χ2v) is 4.76. The summed E-state index contributed by atoms with van der Waals surface area (Å²) in [6, 6.07) is -0.149. The quantitative estimate of drug-likeness (QED) is 0.570. The van der Waals surface area contributed by atoms with E-state index in [-0.39, 0.29) is 17.9 Å². The van der Waals surface area contributed by atoms with Gasteiger partial charge in [0.25, 0.3) is 0 Å². The highest BCUT2D eigenvalue weighted by Crippen LogP contribution is 2.20. The summed E-state index contributed by atoms with van der Waals surface area (Å²) in [5.41, 5.74) is 0. The van der Waals surface area contributed by atoms with Crippen LogP contribution in [-0.4, -0.2) is 53.8 Å². The Labute approximate surface area is 122 Å². The van der Waals surface area contributed by atoms with E-state index in [0.717, 1.165) is 13.1 Å². The highest BCUT2D eigenvalue weighted by Gasteiger charge is 2.36. The van der Waals surface area contributed by atoms with Crippen molar-refractivity contribution in [2.45, 2.75) is 12.1 Å². The average molecular weight is 272 g/mol. The van der Waals surface area contributed by atoms with Crippen molar-refractivity contribution in [2.75, 3.05) is 26.2 Å². The van der Waals surface area contributed by atoms with E-state index in [1.165, 1.54) is 0 Å². The smallest absolute Gasteiger partial charge is 0.174 e. The highest BCUT2D eigenvalue weighted by atomic mass is 16.1. The van der Waals surface area contributed by atoms with Gasteiger partial charge < -0.3 is 0 Å². The molecule has 0 aromatic rings. The van der Waals surface area contributed by atoms with E-state index in [0.29, 0.717) is 13.1 Å². The van der Waals surface area contributed by atoms with Gasteiger partial charge in [-0.1, -0.05) is 30.4 Å². The van der Waals surface area contributed by atoms with E-state index in [2.05, 4.69) is 36.1 Å². The van der Waals surface area contributed by atoms with Crippen molar-refractivity contribution >= 4 is 5.78 Å². The first-order chi connectivity index (χ1) is 9.69. The number of rotatable bonds is 10. The van der Waals surface area contributed by atoms with Crippen LogP contribution < -0.4 is 0 Å². The van der Waals surface area contributed by atoms with Crippen molar-refractivity contribution in [2.24, 2.45) is 0 Å². The maximum absolute atomic E-state index is 12.2. The van der Waals surface area contributed by atoms with Crippen LogP contribution in [0.1, 0.15) is 0 Å². The molecule has 0 aliphatic heterocycles. The molecule has 1 rings (SSSR count). The predicted molar refractivity (Wildman–Crippen MR) is 85.7 cm³/mol. The van der Waals surface area contributed by atoms with Crippen LogP contribution in [0.15, 0.2) is 62.8 Å². The van der Waals surface area contributed by atoms with Crippen molar-refractivity contribution < 1.29 is 4.79 Å². The van der Waals surface area contributed by atoms with Gasteiger partial charge in [-0.2, -0.15) is 0 Å². The van der Waals surface area contributed by atoms with Crippen LogP contribution >= 0.6 is 0 Å². The molecule has 1 aliphatic rings. The number of ketones is 1. The molecular formula is C17H24N2O. The molecule has 0 saturated heterocycles. The van der Waals surface area contributed by atoms with Crippen molar-refractivity contribution in [3.63, 3.8) is 0 Å². The molecule has 0 radical (unpaired) electrons. The van der Waals surface area contributed by atoms with Crippen LogP contribution in [0, 0.1) is 0 Å². The lowest BCUT2D eigenvalue weighted by Gasteiger charge is -2.36. The SMILES string of the molecule is C=CCN(CC=C)C1C=CC(=O)C1N(CC=C)CC=C. The second-order valence-electron chi connectivity index (χ2n) is 4.76. The molecule has 0 fully saturated rings. The number of hydrogen-bond acceptors (Lipinski definition) is 3. The first kappa shape index (κ1) is 16.3. The third-order valence-electron chi connectivity index (χ3n) is 3.34. The molecule has 0 amide bonds. The lowest BCUT2D eigenvalue weighted by molar-refractivity contribution is -0.119. The molecule has 20 heavy (non-hydrogen) atoms. The van der Waals surface area contributed by atoms with Gasteiger partial charge in [-0.05, 0) is 6.08 Å². The van der Waals surface area contributed by atoms with Gasteiger partial charge in [-0.3, -0.25) is 14.6 Å². The first-order valence-corrected chi connectivity index (χ1v) is 6.83. The zero-order chi connectivity index (χ0) is 15.0. The minimum Gasteiger partial charge on any atom is -0.293 e. The van der Waals surface area contributed by atoms with Crippen molar-refractivity contribution in [3.8, 4) is 0 Å². The van der Waals surface area contributed by atoms with E-state index in [1.54, 1.807) is 6.08 Å². The van der Waals surface area contributed by atoms with E-state index in [1.807, 2.05) is 30.4 Å². The zero-order valence-corrected chi connectivity index (χ0v) is 12.1. The molecule has 0 spiro atoms. The second kappa shape index (κ2) is 8.46. The highest BCUT2D eigenvalue weighted by molar-refractivity contribution is 5.98. The monoisotopic (exact) mass is 272 g/mol. The Kier molecular flexibility index (Phi) is 6.91. The molecule has 3 nitrogen and oxygen atoms in total. The summed E-state index contributed by atoms with van der Waals surface area (Å²) in [4.78, 5) is 16.5. The van der Waals surface area contributed by atoms with Gasteiger partial charge >= 0.3 is 0 Å². The Balaban J connectivity index is 2.96. The average Bonchev–Trinajstić information content (AvgIpc) is 2.80. The Morgan fingerprint density at radius 1 is 0.900 bits per heavy atom. The summed E-state index contributed by atoms with van der Waals surface area (Å²) < 4.78 is 0. The maximum Gasteiger partial charge on any atom is 0.174 e. The van der Waals surface area contributed by atoms with Gasteiger partial charge in [0.2, 0.25) is 0 Å². The van der Waals surface area contributed by atoms with Gasteiger partial charge in [0.05, 0.1) is 12.1 Å². The van der Waals surface area contributed by atoms with Crippen LogP contribution in [-0.2, 0) is 4.79 Å². The number of carbonyl (C=O) groups excluding carboxylic acids is 1. The molecule has 2 unspecified atom stereocenters. The fourth-order valence-corrected chi connectivity index (χ4v) is 2.57. The first-order valence-electron chi connectivity index (χ1n) is 6.83.